The summed E-state index contributed by atoms with van der Waals surface area (Å²) in [7, 11) is 0. The van der Waals surface area contributed by atoms with Crippen molar-refractivity contribution < 1.29 is 4.79 Å². The summed E-state index contributed by atoms with van der Waals surface area (Å²) in [6.45, 7) is 1.21. The topological polar surface area (TPSA) is 46.3 Å². The Bertz CT molecular complexity index is 378. The number of hydrogen-bond acceptors (Lipinski definition) is 2. The number of nitrogens with zero attached hydrogens (tertiary/aromatic N) is 1. The summed E-state index contributed by atoms with van der Waals surface area (Å²) in [6, 6.07) is 5.55. The first-order chi connectivity index (χ1) is 6.74. The minimum Gasteiger partial charge on any atom is -0.398 e. The number of alkyl halides is 1. The second kappa shape index (κ2) is 3.50. The van der Waals surface area contributed by atoms with Crippen molar-refractivity contribution in [3.63, 3.8) is 0 Å². The number of amides is 1. The Morgan fingerprint density at radius 1 is 1.50 bits per heavy atom. The molecular formula is C10H11ClN2O. The predicted octanol–water partition coefficient (Wildman–Crippen LogP) is 1.46. The van der Waals surface area contributed by atoms with Crippen molar-refractivity contribution in [1.82, 2.24) is 4.90 Å². The van der Waals surface area contributed by atoms with Gasteiger partial charge < -0.3 is 10.6 Å². The fourth-order valence-electron chi connectivity index (χ4n) is 1.73. The van der Waals surface area contributed by atoms with Crippen molar-refractivity contribution >= 4 is 23.2 Å². The van der Waals surface area contributed by atoms with E-state index < -0.39 is 0 Å². The van der Waals surface area contributed by atoms with Gasteiger partial charge in [0.05, 0.1) is 5.56 Å². The number of benzene rings is 1. The van der Waals surface area contributed by atoms with E-state index in [-0.39, 0.29) is 5.91 Å². The molecule has 0 spiro atoms. The zero-order chi connectivity index (χ0) is 10.1. The van der Waals surface area contributed by atoms with Crippen LogP contribution in [0.2, 0.25) is 0 Å². The van der Waals surface area contributed by atoms with Gasteiger partial charge >= 0.3 is 0 Å². The Morgan fingerprint density at radius 2 is 2.29 bits per heavy atom. The lowest BCUT2D eigenvalue weighted by molar-refractivity contribution is 0.0789. The highest BCUT2D eigenvalue weighted by atomic mass is 35.5. The second-order valence-corrected chi connectivity index (χ2v) is 3.68. The number of carbonyl (C=O) groups excluding carboxylic acids is 1. The zero-order valence-electron chi connectivity index (χ0n) is 7.66. The molecule has 0 saturated carbocycles. The van der Waals surface area contributed by atoms with Crippen molar-refractivity contribution in [3.8, 4) is 0 Å². The normalized spacial score (nSPS) is 14.6. The molecule has 1 aromatic carbocycles. The van der Waals surface area contributed by atoms with Gasteiger partial charge in [0, 0.05) is 24.7 Å². The fraction of sp³-hybridized carbons (Fsp3) is 0.300. The lowest BCUT2D eigenvalue weighted by atomic mass is 10.1. The maximum absolute atomic E-state index is 11.8. The number of rotatable bonds is 2. The Morgan fingerprint density at radius 3 is 2.93 bits per heavy atom. The highest BCUT2D eigenvalue weighted by molar-refractivity contribution is 6.18. The molecule has 3 nitrogen and oxygen atoms in total. The van der Waals surface area contributed by atoms with Crippen LogP contribution in [-0.2, 0) is 6.54 Å². The van der Waals surface area contributed by atoms with Gasteiger partial charge in [-0.2, -0.15) is 0 Å². The van der Waals surface area contributed by atoms with Gasteiger partial charge in [0.1, 0.15) is 0 Å². The van der Waals surface area contributed by atoms with Crippen molar-refractivity contribution in [2.45, 2.75) is 6.54 Å². The van der Waals surface area contributed by atoms with Crippen LogP contribution >= 0.6 is 11.6 Å². The van der Waals surface area contributed by atoms with E-state index in [1.165, 1.54) is 0 Å². The van der Waals surface area contributed by atoms with Crippen molar-refractivity contribution in [2.24, 2.45) is 0 Å². The van der Waals surface area contributed by atoms with Crippen molar-refractivity contribution in [1.29, 1.82) is 0 Å². The predicted molar refractivity (Wildman–Crippen MR) is 56.3 cm³/mol. The summed E-state index contributed by atoms with van der Waals surface area (Å²) in [5, 5.41) is 0. The number of fused-ring (bicyclic) bond motifs is 1. The van der Waals surface area contributed by atoms with Gasteiger partial charge in [-0.15, -0.1) is 11.6 Å². The molecule has 0 atom stereocenters. The van der Waals surface area contributed by atoms with Crippen LogP contribution in [0.15, 0.2) is 18.2 Å². The molecule has 1 heterocycles. The van der Waals surface area contributed by atoms with Crippen LogP contribution in [-0.4, -0.2) is 23.2 Å². The van der Waals surface area contributed by atoms with Crippen molar-refractivity contribution in [3.05, 3.63) is 29.3 Å². The average Bonchev–Trinajstić information content (AvgIpc) is 2.46. The molecule has 4 heteroatoms. The molecule has 0 fully saturated rings. The summed E-state index contributed by atoms with van der Waals surface area (Å²) in [5.41, 5.74) is 7.95. The van der Waals surface area contributed by atoms with Crippen LogP contribution in [0.5, 0.6) is 0 Å². The number of anilines is 1. The van der Waals surface area contributed by atoms with E-state index in [4.69, 9.17) is 17.3 Å². The lowest BCUT2D eigenvalue weighted by Gasteiger charge is -2.12. The van der Waals surface area contributed by atoms with Gasteiger partial charge in [0.2, 0.25) is 0 Å². The molecule has 0 unspecified atom stereocenters. The van der Waals surface area contributed by atoms with Crippen LogP contribution in [0.3, 0.4) is 0 Å². The van der Waals surface area contributed by atoms with E-state index in [0.717, 1.165) is 5.56 Å². The third kappa shape index (κ3) is 1.34. The zero-order valence-corrected chi connectivity index (χ0v) is 8.42. The summed E-state index contributed by atoms with van der Waals surface area (Å²) in [4.78, 5) is 13.5. The average molecular weight is 211 g/mol. The van der Waals surface area contributed by atoms with Gasteiger partial charge in [-0.1, -0.05) is 12.1 Å². The standard InChI is InChI=1S/C10H11ClN2O/c11-4-5-13-6-7-2-1-3-8(12)9(7)10(13)14/h1-3H,4-6,12H2. The first-order valence-corrected chi connectivity index (χ1v) is 5.00. The van der Waals surface area contributed by atoms with Crippen LogP contribution in [0.1, 0.15) is 15.9 Å². The van der Waals surface area contributed by atoms with Crippen LogP contribution < -0.4 is 5.73 Å². The third-order valence-electron chi connectivity index (χ3n) is 2.40. The second-order valence-electron chi connectivity index (χ2n) is 3.30. The van der Waals surface area contributed by atoms with Crippen LogP contribution in [0.25, 0.3) is 0 Å². The molecule has 0 aliphatic carbocycles. The molecule has 2 N–H and O–H groups in total. The van der Waals surface area contributed by atoms with E-state index in [1.54, 1.807) is 11.0 Å². The largest absolute Gasteiger partial charge is 0.398 e. The van der Waals surface area contributed by atoms with Crippen LogP contribution in [0, 0.1) is 0 Å². The molecule has 14 heavy (non-hydrogen) atoms. The first-order valence-electron chi connectivity index (χ1n) is 4.46. The lowest BCUT2D eigenvalue weighted by Crippen LogP contribution is -2.26. The molecule has 0 aromatic heterocycles. The van der Waals surface area contributed by atoms with Gasteiger partial charge in [-0.3, -0.25) is 4.79 Å². The molecule has 1 aliphatic heterocycles. The minimum absolute atomic E-state index is 0.00116. The number of carbonyl (C=O) groups is 1. The van der Waals surface area contributed by atoms with Gasteiger partial charge in [-0.05, 0) is 11.6 Å². The van der Waals surface area contributed by atoms with E-state index in [1.807, 2.05) is 12.1 Å². The molecule has 0 saturated heterocycles. The number of hydrogen-bond donors (Lipinski definition) is 1. The molecule has 2 rings (SSSR count). The molecule has 0 bridgehead atoms. The first kappa shape index (κ1) is 9.34. The minimum atomic E-state index is -0.00116. The highest BCUT2D eigenvalue weighted by Crippen LogP contribution is 2.26. The number of nitrogens with two attached hydrogens (primary N) is 1. The maximum atomic E-state index is 11.8. The summed E-state index contributed by atoms with van der Waals surface area (Å²) < 4.78 is 0. The molecule has 1 aromatic rings. The number of halogens is 1. The van der Waals surface area contributed by atoms with Gasteiger partial charge in [-0.25, -0.2) is 0 Å². The highest BCUT2D eigenvalue weighted by Gasteiger charge is 2.28. The smallest absolute Gasteiger partial charge is 0.256 e. The Kier molecular flexibility index (Phi) is 2.33. The summed E-state index contributed by atoms with van der Waals surface area (Å²) in [6.07, 6.45) is 0. The fourth-order valence-corrected chi connectivity index (χ4v) is 1.93. The summed E-state index contributed by atoms with van der Waals surface area (Å²) in [5.74, 6) is 0.457. The monoisotopic (exact) mass is 210 g/mol. The van der Waals surface area contributed by atoms with Gasteiger partial charge in [0.15, 0.2) is 0 Å². The number of nitrogen functional groups attached to an aromatic ring is 1. The molecule has 74 valence electrons. The molecular weight excluding hydrogens is 200 g/mol. The van der Waals surface area contributed by atoms with E-state index >= 15 is 0 Å². The summed E-state index contributed by atoms with van der Waals surface area (Å²) >= 11 is 5.60. The Hall–Kier alpha value is -1.22. The van der Waals surface area contributed by atoms with Crippen LogP contribution in [0.4, 0.5) is 5.69 Å². The SMILES string of the molecule is Nc1cccc2c1C(=O)N(CCCl)C2. The van der Waals surface area contributed by atoms with E-state index in [0.29, 0.717) is 30.2 Å². The van der Waals surface area contributed by atoms with E-state index in [2.05, 4.69) is 0 Å². The quantitative estimate of drug-likeness (QED) is 0.594. The molecule has 1 amide bonds. The Balaban J connectivity index is 2.36. The molecule has 1 aliphatic rings. The maximum Gasteiger partial charge on any atom is 0.256 e. The molecule has 0 radical (unpaired) electrons. The van der Waals surface area contributed by atoms with Gasteiger partial charge in [0.25, 0.3) is 5.91 Å². The van der Waals surface area contributed by atoms with Crippen molar-refractivity contribution in [2.75, 3.05) is 18.2 Å². The Labute approximate surface area is 87.4 Å². The van der Waals surface area contributed by atoms with E-state index in [9.17, 15) is 4.79 Å². The third-order valence-corrected chi connectivity index (χ3v) is 2.57.